The highest BCUT2D eigenvalue weighted by atomic mass is 79.9. The van der Waals surface area contributed by atoms with Crippen LogP contribution in [-0.4, -0.2) is 14.6 Å². The van der Waals surface area contributed by atoms with Gasteiger partial charge >= 0.3 is 0 Å². The van der Waals surface area contributed by atoms with Crippen molar-refractivity contribution in [3.05, 3.63) is 46.0 Å². The topological polar surface area (TPSA) is 39.4 Å². The van der Waals surface area contributed by atoms with Crippen LogP contribution in [0, 0.1) is 0 Å². The molecule has 0 aliphatic carbocycles. The second-order valence-electron chi connectivity index (χ2n) is 4.92. The summed E-state index contributed by atoms with van der Waals surface area (Å²) in [6, 6.07) is 10.4. The summed E-state index contributed by atoms with van der Waals surface area (Å²) in [6.07, 6.45) is 1.77. The molecular formula is C15H8BrN3OS. The van der Waals surface area contributed by atoms with Gasteiger partial charge in [-0.2, -0.15) is 0 Å². The Morgan fingerprint density at radius 2 is 2.14 bits per heavy atom. The summed E-state index contributed by atoms with van der Waals surface area (Å²) in [5, 5.41) is 10.4. The zero-order chi connectivity index (χ0) is 14.0. The number of thiazole rings is 1. The number of hydrogen-bond acceptors (Lipinski definition) is 4. The molecule has 0 fully saturated rings. The van der Waals surface area contributed by atoms with Gasteiger partial charge in [0.1, 0.15) is 18.7 Å². The minimum Gasteiger partial charge on any atom is -0.487 e. The quantitative estimate of drug-likeness (QED) is 0.471. The fourth-order valence-corrected chi connectivity index (χ4v) is 4.36. The predicted octanol–water partition coefficient (Wildman–Crippen LogP) is 4.27. The Bertz CT molecular complexity index is 1020. The zero-order valence-electron chi connectivity index (χ0n) is 10.7. The van der Waals surface area contributed by atoms with Crippen molar-refractivity contribution >= 4 is 43.0 Å². The Kier molecular flexibility index (Phi) is 2.26. The Balaban J connectivity index is 1.93. The average molecular weight is 358 g/mol. The largest absolute Gasteiger partial charge is 0.487 e. The van der Waals surface area contributed by atoms with Gasteiger partial charge in [0.05, 0.1) is 10.6 Å². The number of aromatic nitrogens is 3. The molecule has 0 spiro atoms. The first-order valence-electron chi connectivity index (χ1n) is 6.49. The molecule has 0 amide bonds. The van der Waals surface area contributed by atoms with E-state index in [1.165, 1.54) is 4.88 Å². The Morgan fingerprint density at radius 1 is 1.19 bits per heavy atom. The lowest BCUT2D eigenvalue weighted by Gasteiger charge is -2.19. The molecule has 0 saturated carbocycles. The molecule has 21 heavy (non-hydrogen) atoms. The fourth-order valence-electron chi connectivity index (χ4n) is 2.89. The van der Waals surface area contributed by atoms with E-state index in [9.17, 15) is 0 Å². The van der Waals surface area contributed by atoms with Gasteiger partial charge in [0.15, 0.2) is 0 Å². The first kappa shape index (κ1) is 11.7. The lowest BCUT2D eigenvalue weighted by atomic mass is 10.0. The predicted molar refractivity (Wildman–Crippen MR) is 85.8 cm³/mol. The normalized spacial score (nSPS) is 13.2. The summed E-state index contributed by atoms with van der Waals surface area (Å²) in [4.78, 5) is 2.10. The Labute approximate surface area is 132 Å². The molecule has 0 N–H and O–H groups in total. The average Bonchev–Trinajstić information content (AvgIpc) is 3.07. The highest BCUT2D eigenvalue weighted by molar-refractivity contribution is 9.10. The lowest BCUT2D eigenvalue weighted by molar-refractivity contribution is 0.309. The van der Waals surface area contributed by atoms with E-state index in [-0.39, 0.29) is 0 Å². The molecule has 5 rings (SSSR count). The van der Waals surface area contributed by atoms with Gasteiger partial charge in [-0.15, -0.1) is 10.2 Å². The number of ether oxygens (including phenoxy) is 1. The van der Waals surface area contributed by atoms with E-state index in [0.29, 0.717) is 6.61 Å². The summed E-state index contributed by atoms with van der Waals surface area (Å²) in [5.74, 6) is 0.940. The molecular weight excluding hydrogens is 350 g/mol. The highest BCUT2D eigenvalue weighted by Gasteiger charge is 2.25. The minimum absolute atomic E-state index is 0.585. The van der Waals surface area contributed by atoms with E-state index in [2.05, 4.69) is 44.3 Å². The van der Waals surface area contributed by atoms with Crippen molar-refractivity contribution in [1.82, 2.24) is 14.6 Å². The van der Waals surface area contributed by atoms with Gasteiger partial charge in [-0.1, -0.05) is 45.5 Å². The van der Waals surface area contributed by atoms with Gasteiger partial charge in [-0.3, -0.25) is 4.40 Å². The third-order valence-electron chi connectivity index (χ3n) is 3.80. The molecule has 102 valence electrons. The third-order valence-corrected chi connectivity index (χ3v) is 5.51. The van der Waals surface area contributed by atoms with Gasteiger partial charge in [0.2, 0.25) is 4.96 Å². The van der Waals surface area contributed by atoms with Crippen LogP contribution in [0.2, 0.25) is 0 Å². The van der Waals surface area contributed by atoms with Crippen molar-refractivity contribution in [2.45, 2.75) is 6.61 Å². The number of halogens is 1. The molecule has 4 nitrogen and oxygen atoms in total. The first-order valence-corrected chi connectivity index (χ1v) is 8.09. The number of hydrogen-bond donors (Lipinski definition) is 0. The molecule has 0 atom stereocenters. The van der Waals surface area contributed by atoms with E-state index in [0.717, 1.165) is 37.2 Å². The first-order chi connectivity index (χ1) is 10.3. The van der Waals surface area contributed by atoms with Crippen LogP contribution in [0.5, 0.6) is 5.75 Å². The Morgan fingerprint density at radius 3 is 3.10 bits per heavy atom. The van der Waals surface area contributed by atoms with Crippen LogP contribution in [0.3, 0.4) is 0 Å². The van der Waals surface area contributed by atoms with E-state index < -0.39 is 0 Å². The summed E-state index contributed by atoms with van der Waals surface area (Å²) >= 11 is 5.24. The summed E-state index contributed by atoms with van der Waals surface area (Å²) in [5.41, 5.74) is 2.26. The van der Waals surface area contributed by atoms with Crippen molar-refractivity contribution in [2.75, 3.05) is 0 Å². The van der Waals surface area contributed by atoms with Crippen LogP contribution in [0.4, 0.5) is 0 Å². The van der Waals surface area contributed by atoms with Crippen molar-refractivity contribution in [1.29, 1.82) is 0 Å². The number of fused-ring (bicyclic) bond motifs is 7. The molecule has 0 radical (unpaired) electrons. The van der Waals surface area contributed by atoms with Gasteiger partial charge in [-0.25, -0.2) is 0 Å². The van der Waals surface area contributed by atoms with Crippen LogP contribution in [-0.2, 0) is 6.61 Å². The maximum absolute atomic E-state index is 6.05. The number of rotatable bonds is 0. The molecule has 1 aliphatic heterocycles. The van der Waals surface area contributed by atoms with Crippen LogP contribution in [0.25, 0.3) is 27.0 Å². The van der Waals surface area contributed by atoms with Gasteiger partial charge in [0, 0.05) is 15.4 Å². The summed E-state index contributed by atoms with van der Waals surface area (Å²) in [6.45, 7) is 0.585. The zero-order valence-corrected chi connectivity index (χ0v) is 13.1. The maximum Gasteiger partial charge on any atom is 0.216 e. The molecule has 0 bridgehead atoms. The molecule has 2 aromatic carbocycles. The minimum atomic E-state index is 0.585. The molecule has 0 saturated heterocycles. The van der Waals surface area contributed by atoms with Crippen LogP contribution in [0.1, 0.15) is 4.88 Å². The van der Waals surface area contributed by atoms with Crippen molar-refractivity contribution in [3.8, 4) is 17.0 Å². The van der Waals surface area contributed by atoms with E-state index >= 15 is 0 Å². The van der Waals surface area contributed by atoms with Gasteiger partial charge in [-0.05, 0) is 17.5 Å². The van der Waals surface area contributed by atoms with Crippen LogP contribution < -0.4 is 4.74 Å². The number of benzene rings is 2. The SMILES string of the molecule is Brc1cccc2c3c(ccc12)-c1c(sc2nncn12)CO3. The fraction of sp³-hybridized carbons (Fsp3) is 0.0667. The summed E-state index contributed by atoms with van der Waals surface area (Å²) < 4.78 is 9.17. The van der Waals surface area contributed by atoms with Crippen LogP contribution >= 0.6 is 27.3 Å². The second kappa shape index (κ2) is 4.05. The van der Waals surface area contributed by atoms with Crippen molar-refractivity contribution < 1.29 is 4.74 Å². The van der Waals surface area contributed by atoms with Crippen LogP contribution in [0.15, 0.2) is 41.1 Å². The highest BCUT2D eigenvalue weighted by Crippen LogP contribution is 2.45. The maximum atomic E-state index is 6.05. The van der Waals surface area contributed by atoms with Crippen molar-refractivity contribution in [3.63, 3.8) is 0 Å². The monoisotopic (exact) mass is 357 g/mol. The molecule has 3 heterocycles. The molecule has 4 aromatic rings. The standard InChI is InChI=1S/C15H8BrN3OS/c16-11-3-1-2-9-8(11)4-5-10-13-12(6-20-14(9)10)21-15-18-17-7-19(13)15/h1-5,7H,6H2. The number of nitrogens with zero attached hydrogens (tertiary/aromatic N) is 3. The van der Waals surface area contributed by atoms with E-state index in [4.69, 9.17) is 4.74 Å². The smallest absolute Gasteiger partial charge is 0.216 e. The molecule has 1 aliphatic rings. The molecule has 6 heteroatoms. The Hall–Kier alpha value is -1.92. The molecule has 2 aromatic heterocycles. The third kappa shape index (κ3) is 1.49. The van der Waals surface area contributed by atoms with E-state index in [1.807, 2.05) is 16.5 Å². The van der Waals surface area contributed by atoms with Crippen molar-refractivity contribution in [2.24, 2.45) is 0 Å². The van der Waals surface area contributed by atoms with Gasteiger partial charge in [0.25, 0.3) is 0 Å². The van der Waals surface area contributed by atoms with E-state index in [1.54, 1.807) is 17.7 Å². The van der Waals surface area contributed by atoms with Gasteiger partial charge < -0.3 is 4.74 Å². The molecule has 0 unspecified atom stereocenters. The second-order valence-corrected chi connectivity index (χ2v) is 6.84. The lowest BCUT2D eigenvalue weighted by Crippen LogP contribution is -2.05. The summed E-state index contributed by atoms with van der Waals surface area (Å²) in [7, 11) is 0.